The van der Waals surface area contributed by atoms with Crippen LogP contribution in [-0.4, -0.2) is 51.4 Å². The molecule has 13 nitrogen and oxygen atoms in total. The summed E-state index contributed by atoms with van der Waals surface area (Å²) in [6, 6.07) is 11.2. The Balaban J connectivity index is 1.40. The van der Waals surface area contributed by atoms with Gasteiger partial charge in [-0.3, -0.25) is 14.9 Å². The summed E-state index contributed by atoms with van der Waals surface area (Å²) in [4.78, 5) is 37.1. The number of rotatable bonds is 8. The fraction of sp³-hybridized carbons (Fsp3) is 0.312. The summed E-state index contributed by atoms with van der Waals surface area (Å²) in [5.74, 6) is -1.35. The number of esters is 1. The van der Waals surface area contributed by atoms with Gasteiger partial charge in [0.05, 0.1) is 30.2 Å². The number of methoxy groups -OCH3 is 1. The molecular weight excluding hydrogens is 631 g/mol. The number of aryl methyl sites for hydroxylation is 1. The van der Waals surface area contributed by atoms with Gasteiger partial charge in [0, 0.05) is 29.3 Å². The fourth-order valence-corrected chi connectivity index (χ4v) is 8.20. The second kappa shape index (κ2) is 11.6. The Morgan fingerprint density at radius 1 is 1.09 bits per heavy atom. The second-order valence-corrected chi connectivity index (χ2v) is 13.7. The van der Waals surface area contributed by atoms with Gasteiger partial charge in [0.1, 0.15) is 22.3 Å². The minimum absolute atomic E-state index is 0.00111. The van der Waals surface area contributed by atoms with Crippen LogP contribution in [0.1, 0.15) is 31.2 Å². The minimum atomic E-state index is -4.19. The number of carbonyl (C=O) groups is 1. The summed E-state index contributed by atoms with van der Waals surface area (Å²) in [5.41, 5.74) is 1.11. The molecule has 242 valence electrons. The Morgan fingerprint density at radius 3 is 2.49 bits per heavy atom. The molecule has 2 bridgehead atoms. The summed E-state index contributed by atoms with van der Waals surface area (Å²) in [6.07, 6.45) is 5.85. The zero-order chi connectivity index (χ0) is 33.0. The van der Waals surface area contributed by atoms with Crippen molar-refractivity contribution in [2.24, 2.45) is 17.8 Å². The van der Waals surface area contributed by atoms with Crippen LogP contribution in [0.25, 0.3) is 33.9 Å². The number of nitro groups is 1. The predicted octanol–water partition coefficient (Wildman–Crippen LogP) is 5.74. The van der Waals surface area contributed by atoms with E-state index < -0.39 is 32.6 Å². The SMILES string of the molecule is COC(=O)C1C2CCC(CC2)C1Nc1cc(-c2ccc([N+](=O)[O-])o2)nc(-c2cn(S(=O)(=O)c3ccc(C)cc3)c3ncc(F)cc23)n1. The Hall–Kier alpha value is -5.18. The van der Waals surface area contributed by atoms with E-state index in [0.717, 1.165) is 47.5 Å². The van der Waals surface area contributed by atoms with Gasteiger partial charge in [0.25, 0.3) is 10.0 Å². The van der Waals surface area contributed by atoms with E-state index in [1.165, 1.54) is 37.6 Å². The van der Waals surface area contributed by atoms with E-state index in [2.05, 4.69) is 15.3 Å². The molecule has 3 aliphatic carbocycles. The van der Waals surface area contributed by atoms with Gasteiger partial charge < -0.3 is 14.5 Å². The zero-order valence-electron chi connectivity index (χ0n) is 25.3. The van der Waals surface area contributed by atoms with Crippen molar-refractivity contribution in [1.82, 2.24) is 18.9 Å². The molecule has 0 spiro atoms. The number of halogens is 1. The summed E-state index contributed by atoms with van der Waals surface area (Å²) in [5, 5.41) is 14.9. The van der Waals surface area contributed by atoms with E-state index in [1.54, 1.807) is 18.2 Å². The highest BCUT2D eigenvalue weighted by molar-refractivity contribution is 7.90. The average molecular weight is 661 g/mol. The van der Waals surface area contributed by atoms with Crippen LogP contribution in [0.3, 0.4) is 0 Å². The second-order valence-electron chi connectivity index (χ2n) is 11.9. The van der Waals surface area contributed by atoms with Gasteiger partial charge in [-0.2, -0.15) is 0 Å². The normalized spacial score (nSPS) is 20.7. The van der Waals surface area contributed by atoms with Crippen LogP contribution in [0.4, 0.5) is 16.1 Å². The Bertz CT molecular complexity index is 2140. The standard InChI is InChI=1S/C32H29FN6O7S/c1-17-3-9-21(10-4-17)47(43,44)38-16-23(22-13-20(33)15-34-31(22)38)30-35-24(25-11-12-27(46-25)39(41)42)14-26(37-30)36-29-19-7-5-18(6-8-19)28(29)32(40)45-2/h3-4,9-16,18-19,28-29H,5-8H2,1-2H3,(H,35,36,37). The molecule has 2 atom stereocenters. The van der Waals surface area contributed by atoms with E-state index in [4.69, 9.17) is 14.1 Å². The molecule has 3 saturated carbocycles. The molecule has 0 radical (unpaired) electrons. The van der Waals surface area contributed by atoms with E-state index in [0.29, 0.717) is 0 Å². The number of carbonyl (C=O) groups excluding carboxylic acids is 1. The van der Waals surface area contributed by atoms with Crippen molar-refractivity contribution in [3.8, 4) is 22.8 Å². The summed E-state index contributed by atoms with van der Waals surface area (Å²) in [6.45, 7) is 1.83. The molecule has 1 aromatic carbocycles. The first-order valence-electron chi connectivity index (χ1n) is 15.0. The third-order valence-corrected chi connectivity index (χ3v) is 10.8. The van der Waals surface area contributed by atoms with Gasteiger partial charge in [-0.15, -0.1) is 0 Å². The third-order valence-electron chi connectivity index (χ3n) is 9.15. The molecule has 3 fully saturated rings. The maximum atomic E-state index is 14.7. The lowest BCUT2D eigenvalue weighted by Crippen LogP contribution is -2.51. The fourth-order valence-electron chi connectivity index (χ4n) is 6.87. The van der Waals surface area contributed by atoms with E-state index in [-0.39, 0.29) is 68.4 Å². The number of hydrogen-bond acceptors (Lipinski definition) is 11. The Morgan fingerprint density at radius 2 is 1.81 bits per heavy atom. The summed E-state index contributed by atoms with van der Waals surface area (Å²) >= 11 is 0. The molecule has 2 unspecified atom stereocenters. The molecule has 0 saturated heterocycles. The lowest BCUT2D eigenvalue weighted by molar-refractivity contribution is -0.401. The van der Waals surface area contributed by atoms with Gasteiger partial charge in [-0.1, -0.05) is 17.7 Å². The highest BCUT2D eigenvalue weighted by Crippen LogP contribution is 2.47. The van der Waals surface area contributed by atoms with Crippen molar-refractivity contribution in [2.75, 3.05) is 12.4 Å². The van der Waals surface area contributed by atoms with Crippen LogP contribution in [0.15, 0.2) is 70.2 Å². The number of nitrogens with zero attached hydrogens (tertiary/aromatic N) is 5. The molecule has 15 heteroatoms. The number of anilines is 1. The lowest BCUT2D eigenvalue weighted by atomic mass is 9.61. The first-order valence-corrected chi connectivity index (χ1v) is 16.4. The highest BCUT2D eigenvalue weighted by Gasteiger charge is 2.48. The number of furan rings is 1. The largest absolute Gasteiger partial charge is 0.469 e. The molecule has 3 aliphatic rings. The van der Waals surface area contributed by atoms with Gasteiger partial charge in [-0.25, -0.2) is 31.7 Å². The number of benzene rings is 1. The van der Waals surface area contributed by atoms with Gasteiger partial charge in [0.2, 0.25) is 0 Å². The van der Waals surface area contributed by atoms with Crippen LogP contribution >= 0.6 is 0 Å². The highest BCUT2D eigenvalue weighted by atomic mass is 32.2. The first kappa shape index (κ1) is 30.5. The summed E-state index contributed by atoms with van der Waals surface area (Å²) < 4.78 is 53.9. The lowest BCUT2D eigenvalue weighted by Gasteiger charge is -2.47. The zero-order valence-corrected chi connectivity index (χ0v) is 26.1. The van der Waals surface area contributed by atoms with Crippen LogP contribution in [0.2, 0.25) is 0 Å². The van der Waals surface area contributed by atoms with Crippen molar-refractivity contribution in [2.45, 2.75) is 43.5 Å². The number of fused-ring (bicyclic) bond motifs is 4. The Labute approximate surface area is 268 Å². The maximum absolute atomic E-state index is 14.7. The molecule has 47 heavy (non-hydrogen) atoms. The molecule has 8 rings (SSSR count). The molecule has 0 amide bonds. The molecular formula is C32H29FN6O7S. The molecule has 0 aliphatic heterocycles. The smallest absolute Gasteiger partial charge is 0.433 e. The predicted molar refractivity (Wildman–Crippen MR) is 167 cm³/mol. The molecule has 5 aromatic rings. The monoisotopic (exact) mass is 660 g/mol. The van der Waals surface area contributed by atoms with Crippen LogP contribution in [0.5, 0.6) is 0 Å². The molecule has 4 aromatic heterocycles. The van der Waals surface area contributed by atoms with Crippen molar-refractivity contribution in [1.29, 1.82) is 0 Å². The van der Waals surface area contributed by atoms with Crippen molar-refractivity contribution < 1.29 is 31.7 Å². The number of aromatic nitrogens is 4. The van der Waals surface area contributed by atoms with E-state index in [9.17, 15) is 27.7 Å². The Kier molecular flexibility index (Phi) is 7.50. The quantitative estimate of drug-likeness (QED) is 0.122. The van der Waals surface area contributed by atoms with E-state index in [1.807, 2.05) is 6.92 Å². The van der Waals surface area contributed by atoms with Gasteiger partial charge in [0.15, 0.2) is 17.2 Å². The first-order chi connectivity index (χ1) is 22.5. The van der Waals surface area contributed by atoms with Crippen molar-refractivity contribution in [3.05, 3.63) is 82.4 Å². The van der Waals surface area contributed by atoms with Gasteiger partial charge >= 0.3 is 11.9 Å². The van der Waals surface area contributed by atoms with Crippen molar-refractivity contribution >= 4 is 38.7 Å². The number of nitrogens with one attached hydrogen (secondary N) is 1. The van der Waals surface area contributed by atoms with Gasteiger partial charge in [-0.05, 0) is 68.7 Å². The molecule has 1 N–H and O–H groups in total. The number of ether oxygens (including phenoxy) is 1. The molecule has 4 heterocycles. The minimum Gasteiger partial charge on any atom is -0.469 e. The van der Waals surface area contributed by atoms with Crippen LogP contribution in [-0.2, 0) is 19.6 Å². The van der Waals surface area contributed by atoms with Crippen molar-refractivity contribution in [3.63, 3.8) is 0 Å². The average Bonchev–Trinajstić information content (AvgIpc) is 3.71. The number of pyridine rings is 1. The number of hydrogen-bond donors (Lipinski definition) is 1. The van der Waals surface area contributed by atoms with Crippen LogP contribution in [0, 0.1) is 40.6 Å². The maximum Gasteiger partial charge on any atom is 0.433 e. The summed E-state index contributed by atoms with van der Waals surface area (Å²) in [7, 11) is -2.83. The van der Waals surface area contributed by atoms with E-state index >= 15 is 0 Å². The topological polar surface area (TPSA) is 172 Å². The van der Waals surface area contributed by atoms with Crippen LogP contribution < -0.4 is 5.32 Å². The third kappa shape index (κ3) is 5.39.